The number of rotatable bonds is 16. The van der Waals surface area contributed by atoms with E-state index in [9.17, 15) is 10.2 Å². The van der Waals surface area contributed by atoms with Gasteiger partial charge in [0.1, 0.15) is 5.75 Å². The standard InChI is InChI=1S/2C15H24O.Na/c1-2-3-4-5-6-7-8-11-14-12-9-10-13-15(14)16;1-2-3-4-5-6-7-8-10-14-11-9-12-15(16)13-14;/h9-10,12-13,16H,2-8,11H2,1H3;9,11-13,16H,2-8,10H2,1H3;/q;;+1/p-1. The second kappa shape index (κ2) is 22.8. The van der Waals surface area contributed by atoms with E-state index >= 15 is 0 Å². The van der Waals surface area contributed by atoms with Crippen molar-refractivity contribution in [3.05, 3.63) is 59.7 Å². The first-order valence-electron chi connectivity index (χ1n) is 13.2. The molecule has 2 nitrogen and oxygen atoms in total. The summed E-state index contributed by atoms with van der Waals surface area (Å²) >= 11 is 0. The van der Waals surface area contributed by atoms with Crippen LogP contribution in [0.25, 0.3) is 0 Å². The molecule has 0 fully saturated rings. The van der Waals surface area contributed by atoms with Crippen LogP contribution in [0.5, 0.6) is 11.5 Å². The van der Waals surface area contributed by atoms with Gasteiger partial charge in [-0.05, 0) is 43.4 Å². The molecule has 0 aliphatic rings. The van der Waals surface area contributed by atoms with Gasteiger partial charge in [0.25, 0.3) is 0 Å². The maximum atomic E-state index is 11.4. The Balaban J connectivity index is 0.000000602. The van der Waals surface area contributed by atoms with Crippen LogP contribution in [0.2, 0.25) is 0 Å². The number of aromatic hydroxyl groups is 1. The van der Waals surface area contributed by atoms with Crippen molar-refractivity contribution in [1.29, 1.82) is 0 Å². The second-order valence-corrected chi connectivity index (χ2v) is 9.02. The molecule has 0 aliphatic heterocycles. The third-order valence-electron chi connectivity index (χ3n) is 6.00. The number of hydrogen-bond acceptors (Lipinski definition) is 2. The van der Waals surface area contributed by atoms with Crippen molar-refractivity contribution < 1.29 is 39.8 Å². The zero-order valence-corrected chi connectivity index (χ0v) is 23.8. The van der Waals surface area contributed by atoms with E-state index in [1.807, 2.05) is 30.3 Å². The summed E-state index contributed by atoms with van der Waals surface area (Å²) < 4.78 is 0. The minimum atomic E-state index is 0. The first-order valence-corrected chi connectivity index (χ1v) is 13.2. The van der Waals surface area contributed by atoms with Crippen LogP contribution in [-0.2, 0) is 12.8 Å². The van der Waals surface area contributed by atoms with E-state index in [2.05, 4.69) is 19.9 Å². The Morgan fingerprint density at radius 1 is 0.606 bits per heavy atom. The molecular formula is C30H47NaO2. The molecule has 0 aromatic heterocycles. The Hall–Kier alpha value is -0.960. The summed E-state index contributed by atoms with van der Waals surface area (Å²) in [6.07, 6.45) is 20.6. The van der Waals surface area contributed by atoms with Crippen molar-refractivity contribution in [2.45, 2.75) is 117 Å². The van der Waals surface area contributed by atoms with Gasteiger partial charge in [-0.2, -0.15) is 0 Å². The summed E-state index contributed by atoms with van der Waals surface area (Å²) in [6.45, 7) is 4.49. The van der Waals surface area contributed by atoms with Gasteiger partial charge < -0.3 is 10.2 Å². The summed E-state index contributed by atoms with van der Waals surface area (Å²) in [5, 5.41) is 20.7. The van der Waals surface area contributed by atoms with Crippen LogP contribution in [0.1, 0.15) is 115 Å². The molecule has 0 atom stereocenters. The minimum Gasteiger partial charge on any atom is -0.872 e. The summed E-state index contributed by atoms with van der Waals surface area (Å²) in [6, 6.07) is 15.0. The van der Waals surface area contributed by atoms with Gasteiger partial charge in [-0.3, -0.25) is 0 Å². The molecule has 0 heterocycles. The summed E-state index contributed by atoms with van der Waals surface area (Å²) in [5.74, 6) is 0.592. The van der Waals surface area contributed by atoms with E-state index in [0.29, 0.717) is 5.75 Å². The number of phenolic OH excluding ortho intramolecular Hbond substituents is 1. The average molecular weight is 463 g/mol. The molecule has 2 aromatic rings. The predicted molar refractivity (Wildman–Crippen MR) is 137 cm³/mol. The normalized spacial score (nSPS) is 10.2. The van der Waals surface area contributed by atoms with E-state index in [0.717, 1.165) is 24.8 Å². The van der Waals surface area contributed by atoms with Gasteiger partial charge in [-0.25, -0.2) is 0 Å². The molecule has 0 aliphatic carbocycles. The maximum Gasteiger partial charge on any atom is 1.00 e. The largest absolute Gasteiger partial charge is 1.00 e. The Morgan fingerprint density at radius 2 is 1.12 bits per heavy atom. The summed E-state index contributed by atoms with van der Waals surface area (Å²) in [4.78, 5) is 0. The van der Waals surface area contributed by atoms with Gasteiger partial charge >= 0.3 is 29.6 Å². The molecule has 2 aromatic carbocycles. The van der Waals surface area contributed by atoms with E-state index in [-0.39, 0.29) is 35.3 Å². The van der Waals surface area contributed by atoms with Crippen LogP contribution in [0.15, 0.2) is 48.5 Å². The number of hydrogen-bond donors (Lipinski definition) is 1. The monoisotopic (exact) mass is 462 g/mol. The van der Waals surface area contributed by atoms with Crippen LogP contribution in [0, 0.1) is 0 Å². The Bertz CT molecular complexity index is 687. The van der Waals surface area contributed by atoms with Crippen LogP contribution in [-0.4, -0.2) is 5.11 Å². The second-order valence-electron chi connectivity index (χ2n) is 9.02. The number of unbranched alkanes of at least 4 members (excludes halogenated alkanes) is 12. The topological polar surface area (TPSA) is 43.3 Å². The predicted octanol–water partition coefficient (Wildman–Crippen LogP) is 5.74. The molecular weight excluding hydrogens is 415 g/mol. The van der Waals surface area contributed by atoms with Crippen molar-refractivity contribution in [2.24, 2.45) is 0 Å². The fourth-order valence-corrected chi connectivity index (χ4v) is 3.98. The fraction of sp³-hybridized carbons (Fsp3) is 0.600. The molecule has 2 rings (SSSR count). The van der Waals surface area contributed by atoms with E-state index in [1.54, 1.807) is 12.1 Å². The maximum absolute atomic E-state index is 11.4. The molecule has 0 spiro atoms. The minimum absolute atomic E-state index is 0. The Kier molecular flexibility index (Phi) is 22.1. The molecule has 0 unspecified atom stereocenters. The summed E-state index contributed by atoms with van der Waals surface area (Å²) in [5.41, 5.74) is 2.24. The van der Waals surface area contributed by atoms with Crippen molar-refractivity contribution in [2.75, 3.05) is 0 Å². The van der Waals surface area contributed by atoms with Gasteiger partial charge in [0.15, 0.2) is 0 Å². The molecule has 1 N–H and O–H groups in total. The SMILES string of the molecule is CCCCCCCCCc1cccc(O)c1.CCCCCCCCCc1ccccc1[O-].[Na+]. The third kappa shape index (κ3) is 18.1. The Morgan fingerprint density at radius 3 is 1.67 bits per heavy atom. The zero-order chi connectivity index (χ0) is 23.3. The number of aryl methyl sites for hydroxylation is 2. The van der Waals surface area contributed by atoms with Gasteiger partial charge in [0, 0.05) is 0 Å². The van der Waals surface area contributed by atoms with Gasteiger partial charge in [-0.15, -0.1) is 5.75 Å². The molecule has 180 valence electrons. The smallest absolute Gasteiger partial charge is 0.872 e. The molecule has 0 saturated heterocycles. The first kappa shape index (κ1) is 32.0. The van der Waals surface area contributed by atoms with Crippen LogP contribution >= 0.6 is 0 Å². The quantitative estimate of drug-likeness (QED) is 0.255. The van der Waals surface area contributed by atoms with E-state index in [1.165, 1.54) is 89.0 Å². The molecule has 3 heteroatoms. The average Bonchev–Trinajstić information content (AvgIpc) is 2.79. The third-order valence-corrected chi connectivity index (χ3v) is 6.00. The molecule has 0 amide bonds. The molecule has 0 radical (unpaired) electrons. The van der Waals surface area contributed by atoms with Gasteiger partial charge in [0.2, 0.25) is 0 Å². The van der Waals surface area contributed by atoms with E-state index < -0.39 is 0 Å². The Labute approximate surface area is 226 Å². The van der Waals surface area contributed by atoms with Gasteiger partial charge in [0.05, 0.1) is 0 Å². The van der Waals surface area contributed by atoms with Crippen molar-refractivity contribution in [3.63, 3.8) is 0 Å². The van der Waals surface area contributed by atoms with Crippen LogP contribution in [0.4, 0.5) is 0 Å². The molecule has 33 heavy (non-hydrogen) atoms. The van der Waals surface area contributed by atoms with Crippen molar-refractivity contribution >= 4 is 0 Å². The summed E-state index contributed by atoms with van der Waals surface area (Å²) in [7, 11) is 0. The fourth-order valence-electron chi connectivity index (χ4n) is 3.98. The van der Waals surface area contributed by atoms with Gasteiger partial charge in [-0.1, -0.05) is 133 Å². The van der Waals surface area contributed by atoms with E-state index in [4.69, 9.17) is 0 Å². The zero-order valence-electron chi connectivity index (χ0n) is 21.8. The number of phenols is 1. The molecule has 0 bridgehead atoms. The molecule has 0 saturated carbocycles. The number of para-hydroxylation sites is 1. The van der Waals surface area contributed by atoms with Crippen molar-refractivity contribution in [3.8, 4) is 11.5 Å². The van der Waals surface area contributed by atoms with Crippen LogP contribution < -0.4 is 34.7 Å². The van der Waals surface area contributed by atoms with Crippen LogP contribution in [0.3, 0.4) is 0 Å². The number of benzene rings is 2. The first-order chi connectivity index (χ1) is 15.7. The van der Waals surface area contributed by atoms with Crippen molar-refractivity contribution in [1.82, 2.24) is 0 Å².